The molecule has 6 heteroatoms. The topological polar surface area (TPSA) is 69.6 Å². The zero-order chi connectivity index (χ0) is 15.6. The number of carboxylic acids is 1. The van der Waals surface area contributed by atoms with Crippen molar-refractivity contribution in [2.75, 3.05) is 18.4 Å². The second kappa shape index (κ2) is 6.45. The maximum absolute atomic E-state index is 12.1. The standard InChI is InChI=1S/C15H19ClN2O3/c1-9-3-4-11(16)7-12(9)17-13(19)8-18-6-5-10(2)14(18)15(20)21/h3-4,7,10,14H,5-6,8H2,1-2H3,(H,17,19)(H,20,21). The molecule has 114 valence electrons. The first kappa shape index (κ1) is 15.8. The van der Waals surface area contributed by atoms with E-state index in [1.807, 2.05) is 19.9 Å². The van der Waals surface area contributed by atoms with Gasteiger partial charge in [-0.1, -0.05) is 24.6 Å². The summed E-state index contributed by atoms with van der Waals surface area (Å²) >= 11 is 5.91. The van der Waals surface area contributed by atoms with E-state index in [1.165, 1.54) is 0 Å². The fraction of sp³-hybridized carbons (Fsp3) is 0.467. The van der Waals surface area contributed by atoms with Crippen LogP contribution >= 0.6 is 11.6 Å². The Hall–Kier alpha value is -1.59. The van der Waals surface area contributed by atoms with E-state index >= 15 is 0 Å². The van der Waals surface area contributed by atoms with Crippen LogP contribution in [0, 0.1) is 12.8 Å². The van der Waals surface area contributed by atoms with Crippen LogP contribution in [0.4, 0.5) is 5.69 Å². The van der Waals surface area contributed by atoms with Crippen LogP contribution in [-0.4, -0.2) is 41.0 Å². The van der Waals surface area contributed by atoms with E-state index < -0.39 is 12.0 Å². The molecule has 2 N–H and O–H groups in total. The largest absolute Gasteiger partial charge is 0.480 e. The molecule has 0 bridgehead atoms. The van der Waals surface area contributed by atoms with Crippen LogP contribution in [0.3, 0.4) is 0 Å². The van der Waals surface area contributed by atoms with Crippen molar-refractivity contribution in [3.05, 3.63) is 28.8 Å². The van der Waals surface area contributed by atoms with Crippen LogP contribution < -0.4 is 5.32 Å². The summed E-state index contributed by atoms with van der Waals surface area (Å²) in [7, 11) is 0. The molecule has 1 heterocycles. The lowest BCUT2D eigenvalue weighted by Crippen LogP contribution is -2.43. The molecule has 1 saturated heterocycles. The fourth-order valence-corrected chi connectivity index (χ4v) is 2.88. The minimum absolute atomic E-state index is 0.0585. The van der Waals surface area contributed by atoms with Crippen molar-refractivity contribution in [2.45, 2.75) is 26.3 Å². The van der Waals surface area contributed by atoms with E-state index in [1.54, 1.807) is 17.0 Å². The summed E-state index contributed by atoms with van der Waals surface area (Å²) in [5.74, 6) is -1.03. The van der Waals surface area contributed by atoms with Crippen molar-refractivity contribution in [3.8, 4) is 0 Å². The van der Waals surface area contributed by atoms with Crippen LogP contribution in [0.2, 0.25) is 5.02 Å². The molecular formula is C15H19ClN2O3. The molecule has 1 aromatic carbocycles. The number of halogens is 1. The number of benzene rings is 1. The lowest BCUT2D eigenvalue weighted by Gasteiger charge is -2.22. The zero-order valence-corrected chi connectivity index (χ0v) is 12.9. The highest BCUT2D eigenvalue weighted by atomic mass is 35.5. The first-order chi connectivity index (χ1) is 9.88. The molecule has 2 unspecified atom stereocenters. The van der Waals surface area contributed by atoms with Gasteiger partial charge in [0.25, 0.3) is 0 Å². The zero-order valence-electron chi connectivity index (χ0n) is 12.1. The summed E-state index contributed by atoms with van der Waals surface area (Å²) in [4.78, 5) is 25.1. The van der Waals surface area contributed by atoms with Crippen molar-refractivity contribution in [3.63, 3.8) is 0 Å². The number of aryl methyl sites for hydroxylation is 1. The van der Waals surface area contributed by atoms with Crippen molar-refractivity contribution in [1.82, 2.24) is 4.90 Å². The third-order valence-electron chi connectivity index (χ3n) is 3.88. The Bertz CT molecular complexity index is 562. The summed E-state index contributed by atoms with van der Waals surface area (Å²) < 4.78 is 0. The Morgan fingerprint density at radius 1 is 1.48 bits per heavy atom. The Kier molecular flexibility index (Phi) is 4.85. The molecule has 0 saturated carbocycles. The van der Waals surface area contributed by atoms with Crippen LogP contribution in [0.25, 0.3) is 0 Å². The first-order valence-corrected chi connectivity index (χ1v) is 7.29. The number of nitrogens with one attached hydrogen (secondary N) is 1. The Labute approximate surface area is 128 Å². The van der Waals surface area contributed by atoms with Gasteiger partial charge in [-0.15, -0.1) is 0 Å². The van der Waals surface area contributed by atoms with Crippen molar-refractivity contribution in [1.29, 1.82) is 0 Å². The number of carbonyl (C=O) groups is 2. The Morgan fingerprint density at radius 2 is 2.19 bits per heavy atom. The predicted octanol–water partition coefficient (Wildman–Crippen LogP) is 2.38. The first-order valence-electron chi connectivity index (χ1n) is 6.91. The lowest BCUT2D eigenvalue weighted by molar-refractivity contribution is -0.143. The van der Waals surface area contributed by atoms with E-state index in [-0.39, 0.29) is 18.4 Å². The molecule has 1 aliphatic heterocycles. The molecule has 1 aromatic rings. The summed E-state index contributed by atoms with van der Waals surface area (Å²) in [5, 5.41) is 12.6. The van der Waals surface area contributed by atoms with Gasteiger partial charge in [-0.2, -0.15) is 0 Å². The van der Waals surface area contributed by atoms with Gasteiger partial charge in [0.15, 0.2) is 0 Å². The maximum atomic E-state index is 12.1. The third kappa shape index (κ3) is 3.74. The molecule has 2 rings (SSSR count). The molecule has 0 radical (unpaired) electrons. The van der Waals surface area contributed by atoms with Gasteiger partial charge in [0.05, 0.1) is 6.54 Å². The number of anilines is 1. The van der Waals surface area contributed by atoms with Crippen LogP contribution in [0.1, 0.15) is 18.9 Å². The number of likely N-dealkylation sites (tertiary alicyclic amines) is 1. The molecule has 1 fully saturated rings. The van der Waals surface area contributed by atoms with Crippen LogP contribution in [0.5, 0.6) is 0 Å². The number of rotatable bonds is 4. The molecular weight excluding hydrogens is 292 g/mol. The van der Waals surface area contributed by atoms with E-state index in [9.17, 15) is 14.7 Å². The van der Waals surface area contributed by atoms with Gasteiger partial charge in [-0.05, 0) is 43.5 Å². The van der Waals surface area contributed by atoms with Crippen LogP contribution in [0.15, 0.2) is 18.2 Å². The smallest absolute Gasteiger partial charge is 0.321 e. The molecule has 1 amide bonds. The van der Waals surface area contributed by atoms with Gasteiger partial charge >= 0.3 is 5.97 Å². The highest BCUT2D eigenvalue weighted by molar-refractivity contribution is 6.31. The van der Waals surface area contributed by atoms with Crippen molar-refractivity contribution in [2.24, 2.45) is 5.92 Å². The summed E-state index contributed by atoms with van der Waals surface area (Å²) in [5.41, 5.74) is 1.57. The number of carbonyl (C=O) groups excluding carboxylic acids is 1. The average Bonchev–Trinajstić information content (AvgIpc) is 2.75. The number of carboxylic acid groups (broad SMARTS) is 1. The minimum atomic E-state index is -0.869. The number of hydrogen-bond acceptors (Lipinski definition) is 3. The quantitative estimate of drug-likeness (QED) is 0.896. The molecule has 0 spiro atoms. The van der Waals surface area contributed by atoms with Crippen molar-refractivity contribution >= 4 is 29.2 Å². The van der Waals surface area contributed by atoms with Crippen LogP contribution in [-0.2, 0) is 9.59 Å². The fourth-order valence-electron chi connectivity index (χ4n) is 2.71. The summed E-state index contributed by atoms with van der Waals surface area (Å²) in [6, 6.07) is 4.69. The normalized spacial score (nSPS) is 22.2. The van der Waals surface area contributed by atoms with Gasteiger partial charge in [0, 0.05) is 10.7 Å². The van der Waals surface area contributed by atoms with E-state index in [2.05, 4.69) is 5.32 Å². The van der Waals surface area contributed by atoms with Gasteiger partial charge < -0.3 is 10.4 Å². The van der Waals surface area contributed by atoms with Gasteiger partial charge in [0.2, 0.25) is 5.91 Å². The average molecular weight is 311 g/mol. The number of aliphatic carboxylic acids is 1. The highest BCUT2D eigenvalue weighted by Gasteiger charge is 2.37. The summed E-state index contributed by atoms with van der Waals surface area (Å²) in [6.07, 6.45) is 0.792. The van der Waals surface area contributed by atoms with Gasteiger partial charge in [0.1, 0.15) is 6.04 Å². The molecule has 1 aliphatic rings. The Morgan fingerprint density at radius 3 is 2.86 bits per heavy atom. The summed E-state index contributed by atoms with van der Waals surface area (Å²) in [6.45, 7) is 4.48. The number of hydrogen-bond donors (Lipinski definition) is 2. The van der Waals surface area contributed by atoms with E-state index in [0.717, 1.165) is 12.0 Å². The monoisotopic (exact) mass is 310 g/mol. The second-order valence-corrected chi connectivity index (χ2v) is 5.96. The highest BCUT2D eigenvalue weighted by Crippen LogP contribution is 2.24. The number of amides is 1. The predicted molar refractivity (Wildman–Crippen MR) is 81.6 cm³/mol. The van der Waals surface area contributed by atoms with Gasteiger partial charge in [-0.3, -0.25) is 14.5 Å². The minimum Gasteiger partial charge on any atom is -0.480 e. The SMILES string of the molecule is Cc1ccc(Cl)cc1NC(=O)CN1CCC(C)C1C(=O)O. The molecule has 0 aromatic heterocycles. The molecule has 2 atom stereocenters. The molecule has 21 heavy (non-hydrogen) atoms. The second-order valence-electron chi connectivity index (χ2n) is 5.53. The van der Waals surface area contributed by atoms with Gasteiger partial charge in [-0.25, -0.2) is 0 Å². The Balaban J connectivity index is 2.02. The molecule has 5 nitrogen and oxygen atoms in total. The van der Waals surface area contributed by atoms with E-state index in [4.69, 9.17) is 11.6 Å². The number of nitrogens with zero attached hydrogens (tertiary/aromatic N) is 1. The third-order valence-corrected chi connectivity index (χ3v) is 4.11. The lowest BCUT2D eigenvalue weighted by atomic mass is 10.0. The van der Waals surface area contributed by atoms with E-state index in [0.29, 0.717) is 17.3 Å². The van der Waals surface area contributed by atoms with Crippen molar-refractivity contribution < 1.29 is 14.7 Å². The molecule has 0 aliphatic carbocycles. The maximum Gasteiger partial charge on any atom is 0.321 e.